The second kappa shape index (κ2) is 5.20. The van der Waals surface area contributed by atoms with Gasteiger partial charge in [-0.2, -0.15) is 4.98 Å². The van der Waals surface area contributed by atoms with Crippen LogP contribution >= 0.6 is 0 Å². The van der Waals surface area contributed by atoms with Crippen molar-refractivity contribution in [3.05, 3.63) is 59.0 Å². The zero-order chi connectivity index (χ0) is 16.8. The number of hydrogen-bond donors (Lipinski definition) is 0. The van der Waals surface area contributed by atoms with E-state index in [1.54, 1.807) is 30.5 Å². The summed E-state index contributed by atoms with van der Waals surface area (Å²) >= 11 is 0. The third-order valence-electron chi connectivity index (χ3n) is 3.87. The van der Waals surface area contributed by atoms with Gasteiger partial charge in [-0.1, -0.05) is 11.2 Å². The Morgan fingerprint density at radius 1 is 1.12 bits per heavy atom. The Bertz CT molecular complexity index is 1140. The monoisotopic (exact) mass is 337 g/mol. The van der Waals surface area contributed by atoms with Crippen LogP contribution in [0.2, 0.25) is 0 Å². The van der Waals surface area contributed by atoms with Gasteiger partial charge in [-0.25, -0.2) is 9.48 Å². The molecule has 4 heterocycles. The first-order chi connectivity index (χ1) is 12.3. The van der Waals surface area contributed by atoms with E-state index < -0.39 is 0 Å². The summed E-state index contributed by atoms with van der Waals surface area (Å²) in [6.45, 7) is 0.297. The average molecular weight is 337 g/mol. The standard InChI is InChI=1S/C16H11N5O4/c22-16-20-6-2-1-3-13(20)18-21(16)8-14-17-15(19-25-14)10-4-5-11-12(7-10)24-9-23-11/h1-7H,8-9H2. The number of benzene rings is 1. The lowest BCUT2D eigenvalue weighted by atomic mass is 10.2. The van der Waals surface area contributed by atoms with Crippen molar-refractivity contribution < 1.29 is 14.0 Å². The number of fused-ring (bicyclic) bond motifs is 2. The number of ether oxygens (including phenoxy) is 2. The summed E-state index contributed by atoms with van der Waals surface area (Å²) in [5.74, 6) is 2.02. The molecule has 124 valence electrons. The first-order valence-corrected chi connectivity index (χ1v) is 7.55. The first kappa shape index (κ1) is 13.8. The number of aromatic nitrogens is 5. The summed E-state index contributed by atoms with van der Waals surface area (Å²) in [5, 5.41) is 8.20. The van der Waals surface area contributed by atoms with Gasteiger partial charge in [0.2, 0.25) is 18.5 Å². The second-order valence-electron chi connectivity index (χ2n) is 5.45. The highest BCUT2D eigenvalue weighted by Crippen LogP contribution is 2.35. The van der Waals surface area contributed by atoms with Crippen LogP contribution in [0.25, 0.3) is 17.0 Å². The second-order valence-corrected chi connectivity index (χ2v) is 5.45. The maximum absolute atomic E-state index is 12.3. The third kappa shape index (κ3) is 2.24. The van der Waals surface area contributed by atoms with Crippen LogP contribution in [0, 0.1) is 0 Å². The highest BCUT2D eigenvalue weighted by atomic mass is 16.7. The molecule has 1 aliphatic rings. The van der Waals surface area contributed by atoms with Crippen molar-refractivity contribution >= 4 is 5.65 Å². The van der Waals surface area contributed by atoms with Gasteiger partial charge in [0.25, 0.3) is 0 Å². The van der Waals surface area contributed by atoms with E-state index in [1.807, 2.05) is 12.1 Å². The van der Waals surface area contributed by atoms with Crippen molar-refractivity contribution in [2.45, 2.75) is 6.54 Å². The molecular formula is C16H11N5O4. The summed E-state index contributed by atoms with van der Waals surface area (Å²) in [6.07, 6.45) is 1.66. The van der Waals surface area contributed by atoms with Gasteiger partial charge in [-0.3, -0.25) is 4.40 Å². The van der Waals surface area contributed by atoms with Crippen LogP contribution in [-0.4, -0.2) is 31.1 Å². The van der Waals surface area contributed by atoms with Crippen LogP contribution in [0.3, 0.4) is 0 Å². The lowest BCUT2D eigenvalue weighted by Crippen LogP contribution is -2.21. The minimum Gasteiger partial charge on any atom is -0.454 e. The van der Waals surface area contributed by atoms with Crippen molar-refractivity contribution in [1.82, 2.24) is 24.3 Å². The van der Waals surface area contributed by atoms with Crippen LogP contribution in [-0.2, 0) is 6.54 Å². The molecule has 0 amide bonds. The van der Waals surface area contributed by atoms with E-state index in [1.165, 1.54) is 9.08 Å². The Morgan fingerprint density at radius 3 is 2.96 bits per heavy atom. The van der Waals surface area contributed by atoms with Crippen LogP contribution in [0.15, 0.2) is 51.9 Å². The molecule has 0 aliphatic carbocycles. The Balaban J connectivity index is 1.46. The van der Waals surface area contributed by atoms with Gasteiger partial charge in [0.05, 0.1) is 0 Å². The van der Waals surface area contributed by atoms with E-state index in [0.29, 0.717) is 23.0 Å². The van der Waals surface area contributed by atoms with E-state index in [2.05, 4.69) is 15.2 Å². The maximum Gasteiger partial charge on any atom is 0.350 e. The number of pyridine rings is 1. The predicted octanol–water partition coefficient (Wildman–Crippen LogP) is 1.32. The van der Waals surface area contributed by atoms with E-state index in [-0.39, 0.29) is 24.9 Å². The highest BCUT2D eigenvalue weighted by Gasteiger charge is 2.17. The molecule has 0 unspecified atom stereocenters. The van der Waals surface area contributed by atoms with Crippen molar-refractivity contribution in [3.63, 3.8) is 0 Å². The minimum atomic E-state index is -0.265. The summed E-state index contributed by atoms with van der Waals surface area (Å²) in [5.41, 5.74) is 1.03. The molecule has 5 rings (SSSR count). The fraction of sp³-hybridized carbons (Fsp3) is 0.125. The summed E-state index contributed by atoms with van der Waals surface area (Å²) < 4.78 is 18.6. The molecule has 25 heavy (non-hydrogen) atoms. The van der Waals surface area contributed by atoms with Gasteiger partial charge < -0.3 is 14.0 Å². The van der Waals surface area contributed by atoms with Gasteiger partial charge in [-0.05, 0) is 30.3 Å². The zero-order valence-electron chi connectivity index (χ0n) is 12.8. The first-order valence-electron chi connectivity index (χ1n) is 7.55. The predicted molar refractivity (Wildman–Crippen MR) is 84.4 cm³/mol. The molecule has 0 atom stereocenters. The normalized spacial score (nSPS) is 12.8. The summed E-state index contributed by atoms with van der Waals surface area (Å²) in [7, 11) is 0. The molecule has 9 nitrogen and oxygen atoms in total. The molecular weight excluding hydrogens is 326 g/mol. The molecule has 9 heteroatoms. The van der Waals surface area contributed by atoms with E-state index >= 15 is 0 Å². The van der Waals surface area contributed by atoms with Crippen LogP contribution in [0.1, 0.15) is 5.89 Å². The SMILES string of the molecule is O=c1n(Cc2nc(-c3ccc4c(c3)OCO4)no2)nc2ccccn12. The molecule has 0 radical (unpaired) electrons. The lowest BCUT2D eigenvalue weighted by molar-refractivity contribution is 0.174. The molecule has 0 fully saturated rings. The Morgan fingerprint density at radius 2 is 2.04 bits per heavy atom. The quantitative estimate of drug-likeness (QED) is 0.556. The summed E-state index contributed by atoms with van der Waals surface area (Å²) in [4.78, 5) is 16.6. The zero-order valence-corrected chi connectivity index (χ0v) is 12.8. The van der Waals surface area contributed by atoms with Crippen LogP contribution in [0.5, 0.6) is 11.5 Å². The van der Waals surface area contributed by atoms with Gasteiger partial charge >= 0.3 is 5.69 Å². The Kier molecular flexibility index (Phi) is 2.87. The van der Waals surface area contributed by atoms with E-state index in [4.69, 9.17) is 14.0 Å². The fourth-order valence-electron chi connectivity index (χ4n) is 2.67. The third-order valence-corrected chi connectivity index (χ3v) is 3.87. The van der Waals surface area contributed by atoms with E-state index in [0.717, 1.165) is 5.56 Å². The number of hydrogen-bond acceptors (Lipinski definition) is 7. The molecule has 0 N–H and O–H groups in total. The molecule has 0 spiro atoms. The van der Waals surface area contributed by atoms with Gasteiger partial charge in [0.1, 0.15) is 6.54 Å². The molecule has 0 saturated carbocycles. The molecule has 0 saturated heterocycles. The number of rotatable bonds is 3. The molecule has 0 bridgehead atoms. The molecule has 1 aliphatic heterocycles. The average Bonchev–Trinajstić information content (AvgIpc) is 3.35. The maximum atomic E-state index is 12.3. The van der Waals surface area contributed by atoms with Crippen molar-refractivity contribution in [1.29, 1.82) is 0 Å². The highest BCUT2D eigenvalue weighted by molar-refractivity contribution is 5.61. The number of nitrogens with zero attached hydrogens (tertiary/aromatic N) is 5. The van der Waals surface area contributed by atoms with E-state index in [9.17, 15) is 4.79 Å². The topological polar surface area (TPSA) is 96.7 Å². The Hall–Kier alpha value is -3.62. The van der Waals surface area contributed by atoms with Gasteiger partial charge in [-0.15, -0.1) is 5.10 Å². The summed E-state index contributed by atoms with van der Waals surface area (Å²) in [6, 6.07) is 10.7. The Labute approximate surface area is 140 Å². The van der Waals surface area contributed by atoms with Gasteiger partial charge in [0.15, 0.2) is 17.1 Å². The van der Waals surface area contributed by atoms with Gasteiger partial charge in [0, 0.05) is 11.8 Å². The van der Waals surface area contributed by atoms with Crippen molar-refractivity contribution in [2.75, 3.05) is 6.79 Å². The van der Waals surface area contributed by atoms with Crippen molar-refractivity contribution in [2.24, 2.45) is 0 Å². The lowest BCUT2D eigenvalue weighted by Gasteiger charge is -1.97. The molecule has 1 aromatic carbocycles. The molecule has 4 aromatic rings. The smallest absolute Gasteiger partial charge is 0.350 e. The minimum absolute atomic E-state index is 0.0953. The van der Waals surface area contributed by atoms with Crippen LogP contribution < -0.4 is 15.2 Å². The van der Waals surface area contributed by atoms with Crippen LogP contribution in [0.4, 0.5) is 0 Å². The molecule has 3 aromatic heterocycles. The largest absolute Gasteiger partial charge is 0.454 e. The fourth-order valence-corrected chi connectivity index (χ4v) is 2.67. The van der Waals surface area contributed by atoms with Crippen molar-refractivity contribution in [3.8, 4) is 22.9 Å².